The minimum absolute atomic E-state index is 0.124. The van der Waals surface area contributed by atoms with Gasteiger partial charge in [0, 0.05) is 6.20 Å². The number of fused-ring (bicyclic) bond motifs is 1. The number of amides is 1. The molecule has 4 nitrogen and oxygen atoms in total. The number of carbonyl (C=O) groups excluding carboxylic acids is 1. The topological polar surface area (TPSA) is 54.9 Å². The molecule has 0 saturated heterocycles. The first-order chi connectivity index (χ1) is 8.72. The lowest BCUT2D eigenvalue weighted by atomic mass is 10.3. The molecule has 0 spiro atoms. The fourth-order valence-electron chi connectivity index (χ4n) is 1.54. The average Bonchev–Trinajstić information content (AvgIpc) is 2.95. The summed E-state index contributed by atoms with van der Waals surface area (Å²) in [6.45, 7) is 1.98. The molecule has 0 aliphatic carbocycles. The number of anilines is 1. The van der Waals surface area contributed by atoms with Crippen LogP contribution in [0.25, 0.3) is 10.3 Å². The second kappa shape index (κ2) is 4.47. The Bertz CT molecular complexity index is 703. The summed E-state index contributed by atoms with van der Waals surface area (Å²) < 4.78 is 0.983. The molecule has 0 bridgehead atoms. The number of hydrogen-bond donors (Lipinski definition) is 1. The second-order valence-electron chi connectivity index (χ2n) is 3.78. The van der Waals surface area contributed by atoms with E-state index in [2.05, 4.69) is 15.3 Å². The summed E-state index contributed by atoms with van der Waals surface area (Å²) in [6, 6.07) is 5.65. The molecule has 3 aromatic rings. The van der Waals surface area contributed by atoms with E-state index in [0.29, 0.717) is 15.7 Å². The van der Waals surface area contributed by atoms with Crippen LogP contribution < -0.4 is 5.32 Å². The van der Waals surface area contributed by atoms with Crippen molar-refractivity contribution in [1.82, 2.24) is 9.97 Å². The minimum atomic E-state index is -0.124. The van der Waals surface area contributed by atoms with Gasteiger partial charge in [0.15, 0.2) is 10.8 Å². The highest BCUT2D eigenvalue weighted by Crippen LogP contribution is 2.25. The van der Waals surface area contributed by atoms with Gasteiger partial charge in [0.1, 0.15) is 0 Å². The fourth-order valence-corrected chi connectivity index (χ4v) is 3.07. The Morgan fingerprint density at radius 1 is 1.44 bits per heavy atom. The normalized spacial score (nSPS) is 10.7. The van der Waals surface area contributed by atoms with Gasteiger partial charge in [-0.2, -0.15) is 4.98 Å². The van der Waals surface area contributed by atoms with Crippen molar-refractivity contribution in [1.29, 1.82) is 0 Å². The molecule has 1 amide bonds. The number of nitrogens with zero attached hydrogens (tertiary/aromatic N) is 2. The van der Waals surface area contributed by atoms with Crippen LogP contribution in [0, 0.1) is 6.92 Å². The molecule has 90 valence electrons. The van der Waals surface area contributed by atoms with Crippen molar-refractivity contribution in [3.8, 4) is 0 Å². The summed E-state index contributed by atoms with van der Waals surface area (Å²) in [5.74, 6) is -0.124. The molecule has 3 heterocycles. The first-order valence-electron chi connectivity index (χ1n) is 5.30. The molecular formula is C12H9N3OS2. The van der Waals surface area contributed by atoms with E-state index < -0.39 is 0 Å². The van der Waals surface area contributed by atoms with Crippen LogP contribution in [0.15, 0.2) is 29.8 Å². The van der Waals surface area contributed by atoms with Gasteiger partial charge in [-0.1, -0.05) is 17.4 Å². The molecule has 0 atom stereocenters. The van der Waals surface area contributed by atoms with Gasteiger partial charge in [0.2, 0.25) is 0 Å². The molecular weight excluding hydrogens is 266 g/mol. The zero-order chi connectivity index (χ0) is 12.5. The number of rotatable bonds is 2. The first kappa shape index (κ1) is 11.3. The summed E-state index contributed by atoms with van der Waals surface area (Å²) in [5, 5.41) is 5.25. The lowest BCUT2D eigenvalue weighted by molar-refractivity contribution is 0.103. The Morgan fingerprint density at radius 2 is 2.33 bits per heavy atom. The molecule has 0 saturated carbocycles. The Morgan fingerprint density at radius 3 is 3.11 bits per heavy atom. The molecule has 0 aliphatic heterocycles. The van der Waals surface area contributed by atoms with Crippen LogP contribution in [0.3, 0.4) is 0 Å². The van der Waals surface area contributed by atoms with E-state index in [-0.39, 0.29) is 5.91 Å². The summed E-state index contributed by atoms with van der Waals surface area (Å²) in [6.07, 6.45) is 1.77. The molecule has 0 fully saturated rings. The number of hydrogen-bond acceptors (Lipinski definition) is 5. The zero-order valence-corrected chi connectivity index (χ0v) is 11.1. The van der Waals surface area contributed by atoms with Crippen LogP contribution in [-0.2, 0) is 0 Å². The molecule has 0 radical (unpaired) electrons. The predicted molar refractivity (Wildman–Crippen MR) is 74.4 cm³/mol. The lowest BCUT2D eigenvalue weighted by Crippen LogP contribution is -2.09. The summed E-state index contributed by atoms with van der Waals surface area (Å²) >= 11 is 2.84. The molecule has 18 heavy (non-hydrogen) atoms. The van der Waals surface area contributed by atoms with Gasteiger partial charge in [-0.3, -0.25) is 10.1 Å². The lowest BCUT2D eigenvalue weighted by Gasteiger charge is -1.96. The van der Waals surface area contributed by atoms with E-state index in [4.69, 9.17) is 0 Å². The molecule has 0 unspecified atom stereocenters. The number of pyridine rings is 1. The highest BCUT2D eigenvalue weighted by molar-refractivity contribution is 7.22. The summed E-state index contributed by atoms with van der Waals surface area (Å²) in [4.78, 5) is 21.0. The summed E-state index contributed by atoms with van der Waals surface area (Å²) in [5.41, 5.74) is 1.76. The van der Waals surface area contributed by atoms with E-state index >= 15 is 0 Å². The van der Waals surface area contributed by atoms with Crippen molar-refractivity contribution in [2.75, 3.05) is 5.32 Å². The monoisotopic (exact) mass is 275 g/mol. The van der Waals surface area contributed by atoms with Crippen molar-refractivity contribution in [2.24, 2.45) is 0 Å². The third-order valence-electron chi connectivity index (χ3n) is 2.35. The van der Waals surface area contributed by atoms with Crippen LogP contribution in [0.5, 0.6) is 0 Å². The van der Waals surface area contributed by atoms with Crippen molar-refractivity contribution in [3.63, 3.8) is 0 Å². The third kappa shape index (κ3) is 2.12. The maximum absolute atomic E-state index is 11.9. The number of aromatic nitrogens is 2. The molecule has 3 rings (SSSR count). The highest BCUT2D eigenvalue weighted by Gasteiger charge is 2.10. The smallest absolute Gasteiger partial charge is 0.267 e. The Labute approximate surface area is 111 Å². The minimum Gasteiger partial charge on any atom is -0.297 e. The van der Waals surface area contributed by atoms with Crippen molar-refractivity contribution < 1.29 is 4.79 Å². The maximum Gasteiger partial charge on any atom is 0.267 e. The number of thiophene rings is 1. The number of nitrogens with one attached hydrogen (secondary N) is 1. The molecule has 1 N–H and O–H groups in total. The molecule has 3 aromatic heterocycles. The van der Waals surface area contributed by atoms with Gasteiger partial charge >= 0.3 is 0 Å². The largest absolute Gasteiger partial charge is 0.297 e. The van der Waals surface area contributed by atoms with Gasteiger partial charge in [-0.25, -0.2) is 4.98 Å². The van der Waals surface area contributed by atoms with Crippen LogP contribution in [0.4, 0.5) is 5.13 Å². The van der Waals surface area contributed by atoms with Gasteiger partial charge in [-0.05, 0) is 30.0 Å². The van der Waals surface area contributed by atoms with Gasteiger partial charge in [0.05, 0.1) is 9.58 Å². The van der Waals surface area contributed by atoms with E-state index in [1.54, 1.807) is 12.3 Å². The third-order valence-corrected chi connectivity index (χ3v) is 4.12. The van der Waals surface area contributed by atoms with E-state index in [9.17, 15) is 4.79 Å². The predicted octanol–water partition coefficient (Wildman–Crippen LogP) is 3.31. The highest BCUT2D eigenvalue weighted by atomic mass is 32.1. The quantitative estimate of drug-likeness (QED) is 0.780. The summed E-state index contributed by atoms with van der Waals surface area (Å²) in [7, 11) is 0. The van der Waals surface area contributed by atoms with E-state index in [1.165, 1.54) is 22.7 Å². The van der Waals surface area contributed by atoms with Crippen molar-refractivity contribution in [2.45, 2.75) is 6.92 Å². The SMILES string of the molecule is Cc1cnc2nc(NC(=O)c3cccs3)sc2c1. The van der Waals surface area contributed by atoms with Crippen LogP contribution in [0.1, 0.15) is 15.2 Å². The van der Waals surface area contributed by atoms with Gasteiger partial charge < -0.3 is 0 Å². The number of carbonyl (C=O) groups is 1. The Balaban J connectivity index is 1.89. The van der Waals surface area contributed by atoms with E-state index in [0.717, 1.165) is 10.3 Å². The molecule has 6 heteroatoms. The van der Waals surface area contributed by atoms with Crippen LogP contribution in [-0.4, -0.2) is 15.9 Å². The number of aryl methyl sites for hydroxylation is 1. The standard InChI is InChI=1S/C12H9N3OS2/c1-7-5-9-10(13-6-7)14-12(18-9)15-11(16)8-3-2-4-17-8/h2-6H,1H3,(H,13,14,15,16). The van der Waals surface area contributed by atoms with Crippen molar-refractivity contribution >= 4 is 44.1 Å². The zero-order valence-electron chi connectivity index (χ0n) is 9.51. The van der Waals surface area contributed by atoms with Gasteiger partial charge in [-0.15, -0.1) is 11.3 Å². The average molecular weight is 275 g/mol. The van der Waals surface area contributed by atoms with E-state index in [1.807, 2.05) is 24.4 Å². The molecule has 0 aromatic carbocycles. The van der Waals surface area contributed by atoms with Crippen LogP contribution >= 0.6 is 22.7 Å². The van der Waals surface area contributed by atoms with Gasteiger partial charge in [0.25, 0.3) is 5.91 Å². The Kier molecular flexibility index (Phi) is 2.81. The molecule has 0 aliphatic rings. The Hall–Kier alpha value is -1.79. The first-order valence-corrected chi connectivity index (χ1v) is 7.00. The maximum atomic E-state index is 11.9. The fraction of sp³-hybridized carbons (Fsp3) is 0.0833. The number of thiazole rings is 1. The van der Waals surface area contributed by atoms with Crippen molar-refractivity contribution in [3.05, 3.63) is 40.2 Å². The van der Waals surface area contributed by atoms with Crippen LogP contribution in [0.2, 0.25) is 0 Å². The second-order valence-corrected chi connectivity index (χ2v) is 5.76.